The zero-order chi connectivity index (χ0) is 27.9. The molecule has 4 aromatic rings. The van der Waals surface area contributed by atoms with Crippen LogP contribution in [-0.2, 0) is 11.4 Å². The molecule has 0 heterocycles. The van der Waals surface area contributed by atoms with E-state index in [0.29, 0.717) is 27.6 Å². The van der Waals surface area contributed by atoms with Crippen LogP contribution in [0, 0.1) is 21.4 Å². The molecule has 0 unspecified atom stereocenters. The van der Waals surface area contributed by atoms with Gasteiger partial charge in [0.05, 0.1) is 29.9 Å². The summed E-state index contributed by atoms with van der Waals surface area (Å²) in [4.78, 5) is 23.9. The van der Waals surface area contributed by atoms with Crippen molar-refractivity contribution in [3.63, 3.8) is 0 Å². The second kappa shape index (κ2) is 12.0. The molecule has 1 amide bonds. The maximum atomic E-state index is 13.2. The highest BCUT2D eigenvalue weighted by atomic mass is 35.5. The summed E-state index contributed by atoms with van der Waals surface area (Å²) in [5.41, 5.74) is 1.13. The number of nitrogens with zero attached hydrogens (tertiary/aromatic N) is 2. The molecule has 1 N–H and O–H groups in total. The third-order valence-corrected chi connectivity index (χ3v) is 6.12. The molecule has 0 saturated carbocycles. The summed E-state index contributed by atoms with van der Waals surface area (Å²) in [6.07, 6.45) is 1.44. The number of rotatable bonds is 9. The highest BCUT2D eigenvalue weighted by Crippen LogP contribution is 2.36. The lowest BCUT2D eigenvalue weighted by Crippen LogP contribution is -2.14. The van der Waals surface area contributed by atoms with E-state index in [9.17, 15) is 20.2 Å². The molecule has 9 nitrogen and oxygen atoms in total. The Morgan fingerprint density at radius 3 is 2.51 bits per heavy atom. The number of nitro groups is 1. The Morgan fingerprint density at radius 2 is 1.79 bits per heavy atom. The molecule has 196 valence electrons. The van der Waals surface area contributed by atoms with E-state index >= 15 is 0 Å². The second-order valence-corrected chi connectivity index (χ2v) is 8.63. The van der Waals surface area contributed by atoms with E-state index in [1.165, 1.54) is 44.6 Å². The molecule has 10 heteroatoms. The largest absolute Gasteiger partial charge is 0.495 e. The molecule has 0 aliphatic carbocycles. The number of halogens is 1. The van der Waals surface area contributed by atoms with Crippen molar-refractivity contribution in [3.05, 3.63) is 105 Å². The molecule has 0 bridgehead atoms. The van der Waals surface area contributed by atoms with Crippen LogP contribution < -0.4 is 19.5 Å². The average Bonchev–Trinajstić information content (AvgIpc) is 2.95. The number of nitriles is 1. The van der Waals surface area contributed by atoms with Crippen molar-refractivity contribution in [2.45, 2.75) is 6.61 Å². The molecule has 39 heavy (non-hydrogen) atoms. The normalized spacial score (nSPS) is 11.0. The van der Waals surface area contributed by atoms with Crippen molar-refractivity contribution in [1.29, 1.82) is 5.26 Å². The van der Waals surface area contributed by atoms with Crippen LogP contribution in [0.4, 0.5) is 11.4 Å². The van der Waals surface area contributed by atoms with E-state index in [2.05, 4.69) is 5.32 Å². The number of methoxy groups -OCH3 is 2. The quantitative estimate of drug-likeness (QED) is 0.110. The van der Waals surface area contributed by atoms with Crippen LogP contribution in [0.3, 0.4) is 0 Å². The average molecular weight is 544 g/mol. The minimum absolute atomic E-state index is 0.0384. The van der Waals surface area contributed by atoms with Crippen molar-refractivity contribution in [2.75, 3.05) is 19.5 Å². The topological polar surface area (TPSA) is 124 Å². The molecule has 0 spiro atoms. The Labute approximate surface area is 228 Å². The minimum Gasteiger partial charge on any atom is -0.495 e. The van der Waals surface area contributed by atoms with Gasteiger partial charge in [-0.2, -0.15) is 5.26 Å². The highest BCUT2D eigenvalue weighted by Gasteiger charge is 2.17. The van der Waals surface area contributed by atoms with E-state index in [1.807, 2.05) is 36.4 Å². The monoisotopic (exact) mass is 543 g/mol. The lowest BCUT2D eigenvalue weighted by atomic mass is 10.0. The van der Waals surface area contributed by atoms with Crippen LogP contribution in [0.15, 0.2) is 78.4 Å². The first-order valence-corrected chi connectivity index (χ1v) is 11.9. The Bertz CT molecular complexity index is 1640. The van der Waals surface area contributed by atoms with Crippen molar-refractivity contribution in [1.82, 2.24) is 0 Å². The number of anilines is 1. The van der Waals surface area contributed by atoms with Gasteiger partial charge in [-0.1, -0.05) is 54.1 Å². The molecule has 0 aliphatic rings. The van der Waals surface area contributed by atoms with Gasteiger partial charge in [-0.15, -0.1) is 0 Å². The number of hydrogen-bond acceptors (Lipinski definition) is 7. The zero-order valence-electron chi connectivity index (χ0n) is 20.9. The van der Waals surface area contributed by atoms with E-state index in [0.717, 1.165) is 10.8 Å². The smallest absolute Gasteiger partial charge is 0.269 e. The Kier molecular flexibility index (Phi) is 8.29. The molecule has 0 saturated heterocycles. The van der Waals surface area contributed by atoms with Gasteiger partial charge >= 0.3 is 0 Å². The predicted molar refractivity (Wildman–Crippen MR) is 148 cm³/mol. The summed E-state index contributed by atoms with van der Waals surface area (Å²) in [6, 6.07) is 22.1. The third kappa shape index (κ3) is 6.09. The van der Waals surface area contributed by atoms with E-state index in [4.69, 9.17) is 25.8 Å². The van der Waals surface area contributed by atoms with Crippen molar-refractivity contribution < 1.29 is 23.9 Å². The molecule has 0 aromatic heterocycles. The van der Waals surface area contributed by atoms with Gasteiger partial charge in [-0.05, 0) is 28.5 Å². The van der Waals surface area contributed by atoms with Crippen LogP contribution in [0.1, 0.15) is 11.1 Å². The van der Waals surface area contributed by atoms with E-state index in [1.54, 1.807) is 18.2 Å². The number of carbonyl (C=O) groups is 1. The predicted octanol–water partition coefficient (Wildman–Crippen LogP) is 6.54. The Balaban J connectivity index is 1.71. The van der Waals surface area contributed by atoms with Gasteiger partial charge in [0.1, 0.15) is 35.5 Å². The van der Waals surface area contributed by atoms with Gasteiger partial charge in [-0.3, -0.25) is 14.9 Å². The van der Waals surface area contributed by atoms with Gasteiger partial charge < -0.3 is 19.5 Å². The SMILES string of the molecule is COc1cc(NC(=O)/C(C#N)=C/c2c(OCc3cccc([N+](=O)[O-])c3)ccc3ccccc23)c(OC)cc1Cl. The molecule has 4 rings (SSSR count). The summed E-state index contributed by atoms with van der Waals surface area (Å²) in [6.45, 7) is 0.0384. The maximum Gasteiger partial charge on any atom is 0.269 e. The summed E-state index contributed by atoms with van der Waals surface area (Å²) in [5, 5.41) is 25.6. The van der Waals surface area contributed by atoms with Crippen LogP contribution in [0.25, 0.3) is 16.8 Å². The third-order valence-electron chi connectivity index (χ3n) is 5.82. The number of benzene rings is 4. The molecule has 0 radical (unpaired) electrons. The number of ether oxygens (including phenoxy) is 3. The van der Waals surface area contributed by atoms with Crippen LogP contribution in [-0.4, -0.2) is 25.1 Å². The first-order chi connectivity index (χ1) is 18.8. The highest BCUT2D eigenvalue weighted by molar-refractivity contribution is 6.32. The lowest BCUT2D eigenvalue weighted by molar-refractivity contribution is -0.384. The van der Waals surface area contributed by atoms with Gasteiger partial charge in [0.15, 0.2) is 0 Å². The first kappa shape index (κ1) is 27.0. The number of non-ortho nitro benzene ring substituents is 1. The fourth-order valence-corrected chi connectivity index (χ4v) is 4.14. The molecular weight excluding hydrogens is 522 g/mol. The summed E-state index contributed by atoms with van der Waals surface area (Å²) in [5.74, 6) is 0.322. The maximum absolute atomic E-state index is 13.2. The summed E-state index contributed by atoms with van der Waals surface area (Å²) in [7, 11) is 2.87. The van der Waals surface area contributed by atoms with Gasteiger partial charge in [0, 0.05) is 29.8 Å². The zero-order valence-corrected chi connectivity index (χ0v) is 21.7. The van der Waals surface area contributed by atoms with Crippen LogP contribution >= 0.6 is 11.6 Å². The van der Waals surface area contributed by atoms with Crippen LogP contribution in [0.5, 0.6) is 17.2 Å². The second-order valence-electron chi connectivity index (χ2n) is 8.23. The number of nitrogens with one attached hydrogen (secondary N) is 1. The van der Waals surface area contributed by atoms with Crippen LogP contribution in [0.2, 0.25) is 5.02 Å². The fourth-order valence-electron chi connectivity index (χ4n) is 3.91. The minimum atomic E-state index is -0.683. The molecule has 0 aliphatic heterocycles. The van der Waals surface area contributed by atoms with Crippen molar-refractivity contribution in [2.24, 2.45) is 0 Å². The number of nitro benzene ring substituents is 1. The number of hydrogen-bond donors (Lipinski definition) is 1. The first-order valence-electron chi connectivity index (χ1n) is 11.6. The molecule has 4 aromatic carbocycles. The van der Waals surface area contributed by atoms with E-state index in [-0.39, 0.29) is 29.3 Å². The number of carbonyl (C=O) groups excluding carboxylic acids is 1. The van der Waals surface area contributed by atoms with E-state index < -0.39 is 10.8 Å². The lowest BCUT2D eigenvalue weighted by Gasteiger charge is -2.14. The fraction of sp³-hybridized carbons (Fsp3) is 0.103. The van der Waals surface area contributed by atoms with Crippen molar-refractivity contribution in [3.8, 4) is 23.3 Å². The van der Waals surface area contributed by atoms with Gasteiger partial charge in [-0.25, -0.2) is 0 Å². The Hall–Kier alpha value is -5.07. The van der Waals surface area contributed by atoms with Crippen molar-refractivity contribution >= 4 is 45.7 Å². The molecule has 0 atom stereocenters. The van der Waals surface area contributed by atoms with Gasteiger partial charge in [0.25, 0.3) is 11.6 Å². The summed E-state index contributed by atoms with van der Waals surface area (Å²) >= 11 is 6.16. The molecular formula is C29H22ClN3O6. The summed E-state index contributed by atoms with van der Waals surface area (Å²) < 4.78 is 16.6. The molecule has 0 fully saturated rings. The standard InChI is InChI=1S/C29H22ClN3O6/c1-37-27-15-25(28(38-2)14-24(27)30)32-29(34)20(16-31)13-23-22-9-4-3-7-19(22)10-11-26(23)39-17-18-6-5-8-21(12-18)33(35)36/h3-15H,17H2,1-2H3,(H,32,34)/b20-13+. The number of fused-ring (bicyclic) bond motifs is 1. The Morgan fingerprint density at radius 1 is 1.03 bits per heavy atom. The van der Waals surface area contributed by atoms with Gasteiger partial charge in [0.2, 0.25) is 0 Å². The number of amides is 1.